The molecule has 0 unspecified atom stereocenters. The van der Waals surface area contributed by atoms with Gasteiger partial charge in [-0.05, 0) is 18.9 Å². The maximum atomic E-state index is 12.9. The third kappa shape index (κ3) is 5.05. The molecule has 0 radical (unpaired) electrons. The van der Waals surface area contributed by atoms with Gasteiger partial charge in [-0.2, -0.15) is 0 Å². The van der Waals surface area contributed by atoms with Crippen LogP contribution in [0.1, 0.15) is 19.5 Å². The van der Waals surface area contributed by atoms with Crippen LogP contribution in [-0.4, -0.2) is 46.6 Å². The van der Waals surface area contributed by atoms with Crippen LogP contribution in [0.4, 0.5) is 5.13 Å². The summed E-state index contributed by atoms with van der Waals surface area (Å²) in [5, 5.41) is 7.99. The van der Waals surface area contributed by atoms with Gasteiger partial charge in [-0.25, -0.2) is 9.97 Å². The number of hydrogen-bond donors (Lipinski definition) is 2. The molecule has 0 saturated heterocycles. The molecular formula is C21H25N5O5S. The van der Waals surface area contributed by atoms with Crippen LogP contribution in [0.2, 0.25) is 0 Å². The molecule has 11 heteroatoms. The van der Waals surface area contributed by atoms with Gasteiger partial charge in [0.2, 0.25) is 11.8 Å². The molecule has 2 aromatic heterocycles. The number of anilines is 1. The molecule has 0 spiro atoms. The molecule has 3 rings (SSSR count). The van der Waals surface area contributed by atoms with Crippen molar-refractivity contribution < 1.29 is 19.1 Å². The van der Waals surface area contributed by atoms with Crippen LogP contribution in [0.3, 0.4) is 0 Å². The van der Waals surface area contributed by atoms with Crippen molar-refractivity contribution in [3.05, 3.63) is 39.9 Å². The molecule has 3 aromatic rings. The van der Waals surface area contributed by atoms with Crippen molar-refractivity contribution in [1.29, 1.82) is 0 Å². The number of aryl methyl sites for hydroxylation is 1. The van der Waals surface area contributed by atoms with Crippen molar-refractivity contribution in [1.82, 2.24) is 19.9 Å². The lowest BCUT2D eigenvalue weighted by atomic mass is 10.0. The van der Waals surface area contributed by atoms with Crippen molar-refractivity contribution in [3.8, 4) is 11.5 Å². The van der Waals surface area contributed by atoms with Crippen LogP contribution in [0.5, 0.6) is 11.5 Å². The first-order valence-corrected chi connectivity index (χ1v) is 10.7. The number of ether oxygens (including phenoxy) is 2. The highest BCUT2D eigenvalue weighted by Gasteiger charge is 2.25. The number of benzene rings is 1. The normalized spacial score (nSPS) is 11.9. The zero-order chi connectivity index (χ0) is 23.4. The Morgan fingerprint density at radius 2 is 1.88 bits per heavy atom. The number of nitrogens with one attached hydrogen (secondary N) is 2. The fourth-order valence-electron chi connectivity index (χ4n) is 3.10. The highest BCUT2D eigenvalue weighted by atomic mass is 32.1. The van der Waals surface area contributed by atoms with E-state index in [0.29, 0.717) is 22.1 Å². The number of carbonyl (C=O) groups excluding carboxylic acids is 2. The second kappa shape index (κ2) is 9.77. The van der Waals surface area contributed by atoms with Gasteiger partial charge in [0, 0.05) is 11.4 Å². The highest BCUT2D eigenvalue weighted by Crippen LogP contribution is 2.29. The van der Waals surface area contributed by atoms with E-state index in [0.717, 1.165) is 5.69 Å². The number of hydrogen-bond acceptors (Lipinski definition) is 8. The lowest BCUT2D eigenvalue weighted by molar-refractivity contribution is -0.127. The number of methoxy groups -OCH3 is 2. The average Bonchev–Trinajstić information content (AvgIpc) is 3.17. The van der Waals surface area contributed by atoms with E-state index in [-0.39, 0.29) is 23.8 Å². The molecule has 0 bridgehead atoms. The minimum atomic E-state index is -0.792. The summed E-state index contributed by atoms with van der Waals surface area (Å²) in [4.78, 5) is 46.7. The van der Waals surface area contributed by atoms with Crippen LogP contribution >= 0.6 is 11.3 Å². The smallest absolute Gasteiger partial charge is 0.261 e. The van der Waals surface area contributed by atoms with Crippen molar-refractivity contribution >= 4 is 39.2 Å². The molecule has 0 fully saturated rings. The molecule has 170 valence electrons. The number of aromatic nitrogens is 3. The zero-order valence-electron chi connectivity index (χ0n) is 18.5. The maximum Gasteiger partial charge on any atom is 0.261 e. The van der Waals surface area contributed by atoms with Crippen LogP contribution in [0, 0.1) is 12.8 Å². The molecular weight excluding hydrogens is 434 g/mol. The van der Waals surface area contributed by atoms with E-state index in [9.17, 15) is 14.4 Å². The molecule has 2 N–H and O–H groups in total. The number of carbonyl (C=O) groups is 2. The summed E-state index contributed by atoms with van der Waals surface area (Å²) in [6.07, 6.45) is 1.29. The lowest BCUT2D eigenvalue weighted by Gasteiger charge is -2.21. The Morgan fingerprint density at radius 1 is 1.19 bits per heavy atom. The first-order chi connectivity index (χ1) is 15.2. The van der Waals surface area contributed by atoms with Gasteiger partial charge in [0.1, 0.15) is 12.6 Å². The van der Waals surface area contributed by atoms with Gasteiger partial charge in [0.05, 0.1) is 37.1 Å². The quantitative estimate of drug-likeness (QED) is 0.528. The number of nitrogens with zero attached hydrogens (tertiary/aromatic N) is 3. The molecule has 2 heterocycles. The predicted octanol–water partition coefficient (Wildman–Crippen LogP) is 1.96. The molecule has 0 aliphatic heterocycles. The summed E-state index contributed by atoms with van der Waals surface area (Å²) in [5.41, 5.74) is 0.810. The fraction of sp³-hybridized carbons (Fsp3) is 0.381. The SMILES string of the molecule is COc1cc2ncn(CC(=O)N[C@H](C(=O)Nc3nc(C)cs3)C(C)C)c(=O)c2cc1OC. The summed E-state index contributed by atoms with van der Waals surface area (Å²) < 4.78 is 11.7. The molecule has 32 heavy (non-hydrogen) atoms. The number of rotatable bonds is 8. The topological polar surface area (TPSA) is 124 Å². The lowest BCUT2D eigenvalue weighted by Crippen LogP contribution is -2.48. The van der Waals surface area contributed by atoms with Crippen LogP contribution in [-0.2, 0) is 16.1 Å². The van der Waals surface area contributed by atoms with E-state index in [2.05, 4.69) is 20.6 Å². The van der Waals surface area contributed by atoms with Gasteiger partial charge in [-0.3, -0.25) is 19.0 Å². The summed E-state index contributed by atoms with van der Waals surface area (Å²) in [6, 6.07) is 2.33. The van der Waals surface area contributed by atoms with Gasteiger partial charge in [-0.15, -0.1) is 11.3 Å². The minimum Gasteiger partial charge on any atom is -0.493 e. The molecule has 2 amide bonds. The van der Waals surface area contributed by atoms with Crippen LogP contribution in [0.15, 0.2) is 28.6 Å². The van der Waals surface area contributed by atoms with Crippen LogP contribution < -0.4 is 25.7 Å². The van der Waals surface area contributed by atoms with Gasteiger partial charge >= 0.3 is 0 Å². The molecule has 0 aliphatic carbocycles. The Balaban J connectivity index is 1.78. The Hall–Kier alpha value is -3.47. The fourth-order valence-corrected chi connectivity index (χ4v) is 3.79. The number of amides is 2. The highest BCUT2D eigenvalue weighted by molar-refractivity contribution is 7.13. The zero-order valence-corrected chi connectivity index (χ0v) is 19.3. The monoisotopic (exact) mass is 459 g/mol. The third-order valence-electron chi connectivity index (χ3n) is 4.76. The maximum absolute atomic E-state index is 12.9. The van der Waals surface area contributed by atoms with E-state index in [1.807, 2.05) is 26.2 Å². The van der Waals surface area contributed by atoms with E-state index in [4.69, 9.17) is 9.47 Å². The molecule has 10 nitrogen and oxygen atoms in total. The van der Waals surface area contributed by atoms with E-state index in [1.54, 1.807) is 6.07 Å². The van der Waals surface area contributed by atoms with Crippen molar-refractivity contribution in [2.24, 2.45) is 5.92 Å². The standard InChI is InChI=1S/C21H25N5O5S/c1-11(2)18(19(28)25-21-23-12(3)9-32-21)24-17(27)8-26-10-22-14-7-16(31-5)15(30-4)6-13(14)20(26)29/h6-7,9-11,18H,8H2,1-5H3,(H,24,27)(H,23,25,28)/t18-/m0/s1. The van der Waals surface area contributed by atoms with Crippen molar-refractivity contribution in [2.45, 2.75) is 33.4 Å². The van der Waals surface area contributed by atoms with Crippen molar-refractivity contribution in [2.75, 3.05) is 19.5 Å². The molecule has 1 aromatic carbocycles. The molecule has 0 aliphatic rings. The van der Waals surface area contributed by atoms with Gasteiger partial charge < -0.3 is 20.1 Å². The van der Waals surface area contributed by atoms with E-state index >= 15 is 0 Å². The number of thiazole rings is 1. The Morgan fingerprint density at radius 3 is 2.47 bits per heavy atom. The average molecular weight is 460 g/mol. The number of fused-ring (bicyclic) bond motifs is 1. The first-order valence-electron chi connectivity index (χ1n) is 9.87. The van der Waals surface area contributed by atoms with Crippen LogP contribution in [0.25, 0.3) is 10.9 Å². The third-order valence-corrected chi connectivity index (χ3v) is 5.63. The first kappa shape index (κ1) is 23.2. The van der Waals surface area contributed by atoms with Gasteiger partial charge in [-0.1, -0.05) is 13.8 Å². The second-order valence-corrected chi connectivity index (χ2v) is 8.33. The second-order valence-electron chi connectivity index (χ2n) is 7.47. The molecule has 0 saturated carbocycles. The van der Waals surface area contributed by atoms with Crippen molar-refractivity contribution in [3.63, 3.8) is 0 Å². The van der Waals surface area contributed by atoms with Gasteiger partial charge in [0.15, 0.2) is 16.6 Å². The van der Waals surface area contributed by atoms with Gasteiger partial charge in [0.25, 0.3) is 5.56 Å². The Kier molecular flexibility index (Phi) is 7.08. The van der Waals surface area contributed by atoms with E-state index < -0.39 is 17.5 Å². The largest absolute Gasteiger partial charge is 0.493 e. The minimum absolute atomic E-state index is 0.178. The van der Waals surface area contributed by atoms with E-state index in [1.165, 1.54) is 42.5 Å². The predicted molar refractivity (Wildman–Crippen MR) is 121 cm³/mol. The Labute approximate surface area is 188 Å². The summed E-state index contributed by atoms with van der Waals surface area (Å²) in [5.74, 6) is -0.205. The summed E-state index contributed by atoms with van der Waals surface area (Å²) >= 11 is 1.31. The summed E-state index contributed by atoms with van der Waals surface area (Å²) in [7, 11) is 2.96. The molecule has 1 atom stereocenters. The Bertz CT molecular complexity index is 1200. The summed E-state index contributed by atoms with van der Waals surface area (Å²) in [6.45, 7) is 5.18.